The molecule has 0 aromatic carbocycles. The van der Waals surface area contributed by atoms with Crippen molar-refractivity contribution in [1.82, 2.24) is 0 Å². The molecule has 0 aromatic rings. The van der Waals surface area contributed by atoms with Crippen LogP contribution in [0, 0.1) is 11.8 Å². The molecular weight excluding hydrogens is 244 g/mol. The first-order chi connectivity index (χ1) is 8.61. The highest BCUT2D eigenvalue weighted by atomic mass is 28.4. The number of hydrogen-bond donors (Lipinski definition) is 0. The Labute approximate surface area is 113 Å². The maximum atomic E-state index is 5.28. The van der Waals surface area contributed by atoms with Crippen molar-refractivity contribution < 1.29 is 13.3 Å². The molecule has 2 aliphatic rings. The summed E-state index contributed by atoms with van der Waals surface area (Å²) in [7, 11) is 2.61. The van der Waals surface area contributed by atoms with Crippen LogP contribution in [-0.2, 0) is 13.3 Å². The summed E-state index contributed by atoms with van der Waals surface area (Å²) in [6.07, 6.45) is 10.2. The molecule has 2 rings (SSSR count). The van der Waals surface area contributed by atoms with Crippen LogP contribution in [0.15, 0.2) is 12.2 Å². The van der Waals surface area contributed by atoms with Gasteiger partial charge < -0.3 is 13.3 Å². The van der Waals surface area contributed by atoms with Crippen molar-refractivity contribution in [1.29, 1.82) is 0 Å². The number of hydrogen-bond acceptors (Lipinski definition) is 3. The maximum absolute atomic E-state index is 5.28. The molecule has 2 bridgehead atoms. The molecule has 0 aromatic heterocycles. The van der Waals surface area contributed by atoms with E-state index in [4.69, 9.17) is 13.3 Å². The smallest absolute Gasteiger partial charge is 0.377 e. The molecule has 2 aliphatic carbocycles. The van der Waals surface area contributed by atoms with Gasteiger partial charge in [-0.1, -0.05) is 26.0 Å². The zero-order valence-electron chi connectivity index (χ0n) is 12.4. The average Bonchev–Trinajstić information content (AvgIpc) is 3.06. The van der Waals surface area contributed by atoms with Crippen LogP contribution >= 0.6 is 0 Å². The van der Waals surface area contributed by atoms with Crippen LogP contribution in [0.3, 0.4) is 0 Å². The molecule has 0 amide bonds. The van der Waals surface area contributed by atoms with Gasteiger partial charge in [0.25, 0.3) is 0 Å². The van der Waals surface area contributed by atoms with Gasteiger partial charge in [0, 0.05) is 26.9 Å². The second-order valence-corrected chi connectivity index (χ2v) is 8.66. The Morgan fingerprint density at radius 1 is 1.06 bits per heavy atom. The Morgan fingerprint density at radius 2 is 1.50 bits per heavy atom. The van der Waals surface area contributed by atoms with Crippen LogP contribution in [0.2, 0.25) is 5.54 Å². The minimum absolute atomic E-state index is 0.363. The van der Waals surface area contributed by atoms with Crippen LogP contribution in [0.25, 0.3) is 0 Å². The Morgan fingerprint density at radius 3 is 1.61 bits per heavy atom. The highest BCUT2D eigenvalue weighted by Crippen LogP contribution is 2.38. The van der Waals surface area contributed by atoms with E-state index >= 15 is 0 Å². The van der Waals surface area contributed by atoms with E-state index in [0.29, 0.717) is 5.54 Å². The Balaban J connectivity index is 0.000000194. The second kappa shape index (κ2) is 7.43. The van der Waals surface area contributed by atoms with Gasteiger partial charge in [-0.15, -0.1) is 0 Å². The summed E-state index contributed by atoms with van der Waals surface area (Å²) in [4.78, 5) is 0. The molecule has 0 radical (unpaired) electrons. The van der Waals surface area contributed by atoms with Gasteiger partial charge in [0.05, 0.1) is 0 Å². The predicted molar refractivity (Wildman–Crippen MR) is 76.5 cm³/mol. The lowest BCUT2D eigenvalue weighted by Crippen LogP contribution is -2.46. The summed E-state index contributed by atoms with van der Waals surface area (Å²) in [6.45, 7) is 4.19. The third-order valence-corrected chi connectivity index (χ3v) is 7.56. The third kappa shape index (κ3) is 3.67. The van der Waals surface area contributed by atoms with Crippen molar-refractivity contribution in [3.8, 4) is 0 Å². The van der Waals surface area contributed by atoms with E-state index in [2.05, 4.69) is 26.0 Å². The molecule has 3 nitrogen and oxygen atoms in total. The van der Waals surface area contributed by atoms with E-state index in [1.54, 1.807) is 21.3 Å². The van der Waals surface area contributed by atoms with E-state index < -0.39 is 8.80 Å². The lowest BCUT2D eigenvalue weighted by Gasteiger charge is -2.29. The minimum Gasteiger partial charge on any atom is -0.377 e. The van der Waals surface area contributed by atoms with Crippen molar-refractivity contribution in [2.75, 3.05) is 21.3 Å². The number of allylic oxidation sites excluding steroid dienone is 2. The molecule has 1 fully saturated rings. The summed E-state index contributed by atoms with van der Waals surface area (Å²) in [5.41, 5.74) is 0.363. The lowest BCUT2D eigenvalue weighted by atomic mass is 10.1. The van der Waals surface area contributed by atoms with Gasteiger partial charge in [0.1, 0.15) is 0 Å². The average molecular weight is 272 g/mol. The van der Waals surface area contributed by atoms with E-state index in [1.165, 1.54) is 19.3 Å². The monoisotopic (exact) mass is 272 g/mol. The molecule has 0 spiro atoms. The van der Waals surface area contributed by atoms with Crippen LogP contribution < -0.4 is 0 Å². The quantitative estimate of drug-likeness (QED) is 0.565. The molecule has 3 unspecified atom stereocenters. The van der Waals surface area contributed by atoms with Gasteiger partial charge in [-0.3, -0.25) is 0 Å². The molecule has 0 saturated heterocycles. The third-order valence-electron chi connectivity index (χ3n) is 4.24. The molecule has 4 heteroatoms. The van der Waals surface area contributed by atoms with Crippen molar-refractivity contribution in [3.63, 3.8) is 0 Å². The maximum Gasteiger partial charge on any atom is 0.503 e. The molecule has 106 valence electrons. The largest absolute Gasteiger partial charge is 0.503 e. The fourth-order valence-electron chi connectivity index (χ4n) is 2.82. The van der Waals surface area contributed by atoms with Gasteiger partial charge in [-0.05, 0) is 37.5 Å². The number of rotatable bonds is 5. The van der Waals surface area contributed by atoms with Crippen LogP contribution in [-0.4, -0.2) is 30.1 Å². The summed E-state index contributed by atoms with van der Waals surface area (Å²) < 4.78 is 15.9. The highest BCUT2D eigenvalue weighted by Gasteiger charge is 2.43. The standard InChI is InChI=1S/C7H18O3Si.C7H10/c1-6-7(2)11(8-3,9-4)10-5;1-2-7-4-3-6(1)5-7/h7H,6H2,1-5H3;1-2,6-7H,3-5H2. The van der Waals surface area contributed by atoms with E-state index in [-0.39, 0.29) is 0 Å². The van der Waals surface area contributed by atoms with Crippen LogP contribution in [0.5, 0.6) is 0 Å². The Kier molecular flexibility index (Phi) is 6.56. The van der Waals surface area contributed by atoms with Crippen molar-refractivity contribution in [3.05, 3.63) is 12.2 Å². The normalized spacial score (nSPS) is 26.9. The molecule has 0 N–H and O–H groups in total. The fraction of sp³-hybridized carbons (Fsp3) is 0.857. The molecule has 0 heterocycles. The van der Waals surface area contributed by atoms with E-state index in [0.717, 1.165) is 18.3 Å². The molecule has 1 saturated carbocycles. The topological polar surface area (TPSA) is 27.7 Å². The van der Waals surface area contributed by atoms with E-state index in [9.17, 15) is 0 Å². The zero-order chi connectivity index (χ0) is 13.6. The van der Waals surface area contributed by atoms with Crippen LogP contribution in [0.4, 0.5) is 0 Å². The van der Waals surface area contributed by atoms with Crippen molar-refractivity contribution in [2.24, 2.45) is 11.8 Å². The lowest BCUT2D eigenvalue weighted by molar-refractivity contribution is 0.112. The molecule has 18 heavy (non-hydrogen) atoms. The van der Waals surface area contributed by atoms with Gasteiger partial charge in [-0.25, -0.2) is 0 Å². The summed E-state index contributed by atoms with van der Waals surface area (Å²) in [5, 5.41) is 0. The van der Waals surface area contributed by atoms with Gasteiger partial charge >= 0.3 is 8.80 Å². The highest BCUT2D eigenvalue weighted by molar-refractivity contribution is 6.62. The number of fused-ring (bicyclic) bond motifs is 2. The summed E-state index contributed by atoms with van der Waals surface area (Å²) in [5.74, 6) is 1.98. The second-order valence-electron chi connectivity index (χ2n) is 5.24. The summed E-state index contributed by atoms with van der Waals surface area (Å²) >= 11 is 0. The first-order valence-corrected chi connectivity index (χ1v) is 8.75. The van der Waals surface area contributed by atoms with E-state index in [1.807, 2.05) is 0 Å². The first-order valence-electron chi connectivity index (χ1n) is 6.95. The Hall–Kier alpha value is -0.163. The predicted octanol–water partition coefficient (Wildman–Crippen LogP) is 3.64. The van der Waals surface area contributed by atoms with Gasteiger partial charge in [0.15, 0.2) is 0 Å². The summed E-state index contributed by atoms with van der Waals surface area (Å²) in [6, 6.07) is 0. The fourth-order valence-corrected chi connectivity index (χ4v) is 5.03. The van der Waals surface area contributed by atoms with Crippen molar-refractivity contribution in [2.45, 2.75) is 45.1 Å². The zero-order valence-corrected chi connectivity index (χ0v) is 13.4. The molecular formula is C14H28O3Si. The molecule has 3 atom stereocenters. The Bertz CT molecular complexity index is 244. The molecule has 0 aliphatic heterocycles. The SMILES string of the molecule is C1=CC2CCC1C2.CCC(C)[Si](OC)(OC)OC. The van der Waals surface area contributed by atoms with Gasteiger partial charge in [-0.2, -0.15) is 0 Å². The van der Waals surface area contributed by atoms with Crippen molar-refractivity contribution >= 4 is 8.80 Å². The van der Waals surface area contributed by atoms with Crippen LogP contribution in [0.1, 0.15) is 39.5 Å². The minimum atomic E-state index is -2.32. The first kappa shape index (κ1) is 15.9. The van der Waals surface area contributed by atoms with Gasteiger partial charge in [0.2, 0.25) is 0 Å².